The number of hydrogen-bond donors (Lipinski definition) is 1. The Labute approximate surface area is 180 Å². The maximum atomic E-state index is 12.7. The molecule has 7 nitrogen and oxygen atoms in total. The predicted molar refractivity (Wildman–Crippen MR) is 118 cm³/mol. The number of nitrogens with one attached hydrogen (secondary N) is 1. The van der Waals surface area contributed by atoms with E-state index in [9.17, 15) is 13.2 Å². The molecule has 1 aliphatic heterocycles. The Kier molecular flexibility index (Phi) is 7.76. The van der Waals surface area contributed by atoms with Crippen molar-refractivity contribution in [2.45, 2.75) is 58.2 Å². The molecule has 2 atom stereocenters. The van der Waals surface area contributed by atoms with Gasteiger partial charge in [-0.15, -0.1) is 0 Å². The molecule has 1 aliphatic carbocycles. The monoisotopic (exact) mass is 437 g/mol. The number of amides is 1. The molecule has 2 fully saturated rings. The average molecular weight is 438 g/mol. The van der Waals surface area contributed by atoms with E-state index >= 15 is 0 Å². The van der Waals surface area contributed by atoms with Crippen LogP contribution in [0.4, 0.5) is 0 Å². The second-order valence-corrected chi connectivity index (χ2v) is 10.6. The number of fused-ring (bicyclic) bond motifs is 1. The molecule has 1 saturated carbocycles. The van der Waals surface area contributed by atoms with E-state index in [1.165, 1.54) is 11.8 Å². The van der Waals surface area contributed by atoms with Crippen LogP contribution in [0.25, 0.3) is 0 Å². The van der Waals surface area contributed by atoms with Gasteiger partial charge < -0.3 is 10.1 Å². The van der Waals surface area contributed by atoms with Gasteiger partial charge in [0.15, 0.2) is 0 Å². The summed E-state index contributed by atoms with van der Waals surface area (Å²) in [5.74, 6) is 0.608. The smallest absolute Gasteiger partial charge is 0.224 e. The molecule has 2 aliphatic rings. The van der Waals surface area contributed by atoms with Gasteiger partial charge in [0.05, 0.1) is 18.3 Å². The van der Waals surface area contributed by atoms with E-state index in [4.69, 9.17) is 4.74 Å². The van der Waals surface area contributed by atoms with Crippen molar-refractivity contribution >= 4 is 15.9 Å². The van der Waals surface area contributed by atoms with Crippen LogP contribution < -0.4 is 10.1 Å². The van der Waals surface area contributed by atoms with E-state index in [1.54, 1.807) is 4.31 Å². The van der Waals surface area contributed by atoms with Crippen LogP contribution in [-0.2, 0) is 21.4 Å². The number of rotatable bonds is 5. The maximum absolute atomic E-state index is 12.7. The van der Waals surface area contributed by atoms with Crippen LogP contribution in [0, 0.1) is 5.92 Å². The lowest BCUT2D eigenvalue weighted by Gasteiger charge is -2.30. The Morgan fingerprint density at radius 1 is 1.10 bits per heavy atom. The second kappa shape index (κ2) is 10.1. The predicted octanol–water partition coefficient (Wildman–Crippen LogP) is 2.23. The molecular weight excluding hydrogens is 402 g/mol. The summed E-state index contributed by atoms with van der Waals surface area (Å²) in [6.07, 6.45) is 4.58. The molecule has 1 heterocycles. The molecule has 0 radical (unpaired) electrons. The van der Waals surface area contributed by atoms with Crippen LogP contribution in [0.1, 0.15) is 45.1 Å². The molecule has 1 N–H and O–H groups in total. The maximum Gasteiger partial charge on any atom is 0.224 e. The summed E-state index contributed by atoms with van der Waals surface area (Å²) in [7, 11) is -3.35. The zero-order valence-electron chi connectivity index (χ0n) is 18.3. The van der Waals surface area contributed by atoms with Crippen LogP contribution in [0.5, 0.6) is 5.75 Å². The first-order valence-electron chi connectivity index (χ1n) is 11.0. The van der Waals surface area contributed by atoms with Crippen LogP contribution in [0.2, 0.25) is 0 Å². The van der Waals surface area contributed by atoms with Gasteiger partial charge in [-0.1, -0.05) is 18.6 Å². The lowest BCUT2D eigenvalue weighted by Crippen LogP contribution is -2.47. The molecule has 1 saturated heterocycles. The number of ether oxygens (including phenoxy) is 1. The third kappa shape index (κ3) is 6.18. The molecule has 30 heavy (non-hydrogen) atoms. The molecule has 0 aromatic heterocycles. The van der Waals surface area contributed by atoms with Gasteiger partial charge in [0.25, 0.3) is 0 Å². The van der Waals surface area contributed by atoms with E-state index in [1.807, 2.05) is 26.0 Å². The Morgan fingerprint density at radius 2 is 1.83 bits per heavy atom. The van der Waals surface area contributed by atoms with Crippen LogP contribution in [-0.4, -0.2) is 68.1 Å². The third-order valence-corrected chi connectivity index (χ3v) is 7.20. The van der Waals surface area contributed by atoms with Gasteiger partial charge in [-0.25, -0.2) is 8.42 Å². The molecule has 1 amide bonds. The van der Waals surface area contributed by atoms with E-state index in [0.29, 0.717) is 13.1 Å². The number of hydrogen-bond acceptors (Lipinski definition) is 5. The lowest BCUT2D eigenvalue weighted by molar-refractivity contribution is -0.125. The highest BCUT2D eigenvalue weighted by Crippen LogP contribution is 2.32. The molecule has 8 heteroatoms. The minimum Gasteiger partial charge on any atom is -0.491 e. The van der Waals surface area contributed by atoms with Crippen molar-refractivity contribution in [3.05, 3.63) is 29.8 Å². The highest BCUT2D eigenvalue weighted by Gasteiger charge is 2.40. The normalized spacial score (nSPS) is 24.9. The first-order valence-corrected chi connectivity index (χ1v) is 12.8. The summed E-state index contributed by atoms with van der Waals surface area (Å²) in [6, 6.07) is 7.88. The SMILES string of the molecule is CC(C)Oc1ccc(CN2CCCN(S(C)(=O)=O)C3CCCC3C(=O)NCC2)cc1. The Bertz CT molecular complexity index is 810. The first-order chi connectivity index (χ1) is 14.2. The number of benzene rings is 1. The molecule has 1 aromatic rings. The largest absolute Gasteiger partial charge is 0.491 e. The number of sulfonamides is 1. The van der Waals surface area contributed by atoms with Crippen LogP contribution in [0.3, 0.4) is 0 Å². The minimum absolute atomic E-state index is 0.0109. The number of nitrogens with zero attached hydrogens (tertiary/aromatic N) is 2. The summed E-state index contributed by atoms with van der Waals surface area (Å²) in [4.78, 5) is 15.0. The van der Waals surface area contributed by atoms with Crippen molar-refractivity contribution in [2.75, 3.05) is 32.4 Å². The topological polar surface area (TPSA) is 79.0 Å². The summed E-state index contributed by atoms with van der Waals surface area (Å²) in [5, 5.41) is 3.05. The molecular formula is C22H35N3O4S. The van der Waals surface area contributed by atoms with Gasteiger partial charge in [-0.3, -0.25) is 9.69 Å². The first kappa shape index (κ1) is 23.0. The Morgan fingerprint density at radius 3 is 2.50 bits per heavy atom. The zero-order valence-corrected chi connectivity index (χ0v) is 19.2. The summed E-state index contributed by atoms with van der Waals surface area (Å²) in [6.45, 7) is 7.33. The molecule has 3 rings (SSSR count). The lowest BCUT2D eigenvalue weighted by atomic mass is 10.0. The van der Waals surface area contributed by atoms with Gasteiger partial charge in [0.2, 0.25) is 15.9 Å². The van der Waals surface area contributed by atoms with Crippen LogP contribution in [0.15, 0.2) is 24.3 Å². The van der Waals surface area contributed by atoms with E-state index < -0.39 is 10.0 Å². The molecule has 1 aromatic carbocycles. The van der Waals surface area contributed by atoms with Crippen molar-refractivity contribution in [2.24, 2.45) is 5.92 Å². The molecule has 168 valence electrons. The van der Waals surface area contributed by atoms with Crippen molar-refractivity contribution < 1.29 is 17.9 Å². The summed E-state index contributed by atoms with van der Waals surface area (Å²) >= 11 is 0. The Hall–Kier alpha value is -1.64. The second-order valence-electron chi connectivity index (χ2n) is 8.71. The van der Waals surface area contributed by atoms with Crippen molar-refractivity contribution in [3.63, 3.8) is 0 Å². The van der Waals surface area contributed by atoms with Crippen LogP contribution >= 0.6 is 0 Å². The average Bonchev–Trinajstić information content (AvgIpc) is 3.13. The minimum atomic E-state index is -3.35. The van der Waals surface area contributed by atoms with E-state index in [2.05, 4.69) is 22.3 Å². The standard InChI is InChI=1S/C22H35N3O4S/c1-17(2)29-19-10-8-18(9-11-19)16-24-13-5-14-25(30(3,27)28)21-7-4-6-20(21)22(26)23-12-15-24/h8-11,17,20-21H,4-7,12-16H2,1-3H3,(H,23,26). The molecule has 0 spiro atoms. The zero-order chi connectivity index (χ0) is 21.7. The van der Waals surface area contributed by atoms with Gasteiger partial charge in [-0.05, 0) is 57.4 Å². The molecule has 0 bridgehead atoms. The highest BCUT2D eigenvalue weighted by atomic mass is 32.2. The summed E-state index contributed by atoms with van der Waals surface area (Å²) in [5.41, 5.74) is 1.17. The molecule has 2 unspecified atom stereocenters. The highest BCUT2D eigenvalue weighted by molar-refractivity contribution is 7.88. The number of carbonyl (C=O) groups is 1. The fourth-order valence-corrected chi connectivity index (χ4v) is 5.77. The van der Waals surface area contributed by atoms with Gasteiger partial charge in [0, 0.05) is 32.2 Å². The van der Waals surface area contributed by atoms with Gasteiger partial charge >= 0.3 is 0 Å². The van der Waals surface area contributed by atoms with Crippen molar-refractivity contribution in [1.82, 2.24) is 14.5 Å². The van der Waals surface area contributed by atoms with E-state index in [-0.39, 0.29) is 24.0 Å². The van der Waals surface area contributed by atoms with E-state index in [0.717, 1.165) is 51.1 Å². The fourth-order valence-electron chi connectivity index (χ4n) is 4.56. The number of carbonyl (C=O) groups excluding carboxylic acids is 1. The third-order valence-electron chi connectivity index (χ3n) is 5.89. The van der Waals surface area contributed by atoms with Crippen molar-refractivity contribution in [1.29, 1.82) is 0 Å². The van der Waals surface area contributed by atoms with Crippen molar-refractivity contribution in [3.8, 4) is 5.75 Å². The summed E-state index contributed by atoms with van der Waals surface area (Å²) < 4.78 is 32.2. The quantitative estimate of drug-likeness (QED) is 0.764. The van der Waals surface area contributed by atoms with Gasteiger partial charge in [0.1, 0.15) is 5.75 Å². The van der Waals surface area contributed by atoms with Gasteiger partial charge in [-0.2, -0.15) is 4.31 Å². The fraction of sp³-hybridized carbons (Fsp3) is 0.682. The Balaban J connectivity index is 1.68.